The van der Waals surface area contributed by atoms with Crippen molar-refractivity contribution in [2.75, 3.05) is 6.54 Å². The summed E-state index contributed by atoms with van der Waals surface area (Å²) in [4.78, 5) is 12.1. The molecule has 1 aromatic carbocycles. The highest BCUT2D eigenvalue weighted by atomic mass is 35.5. The molecule has 1 heterocycles. The second-order valence-corrected chi connectivity index (χ2v) is 5.39. The monoisotopic (exact) mass is 312 g/mol. The highest BCUT2D eigenvalue weighted by Crippen LogP contribution is 2.20. The number of amides is 1. The molecule has 1 amide bonds. The van der Waals surface area contributed by atoms with Crippen LogP contribution in [0, 0.1) is 0 Å². The molecule has 1 aliphatic rings. The summed E-state index contributed by atoms with van der Waals surface area (Å²) in [6.45, 7) is 4.61. The number of benzene rings is 1. The zero-order chi connectivity index (χ0) is 14.5. The van der Waals surface area contributed by atoms with E-state index >= 15 is 0 Å². The van der Waals surface area contributed by atoms with Gasteiger partial charge in [-0.15, -0.1) is 12.4 Å². The summed E-state index contributed by atoms with van der Waals surface area (Å²) < 4.78 is 5.61. The normalized spacial score (nSPS) is 22.4. The van der Waals surface area contributed by atoms with Gasteiger partial charge in [0.2, 0.25) is 5.91 Å². The summed E-state index contributed by atoms with van der Waals surface area (Å²) in [5.41, 5.74) is 7.98. The van der Waals surface area contributed by atoms with Crippen LogP contribution in [0.3, 0.4) is 0 Å². The van der Waals surface area contributed by atoms with Crippen LogP contribution in [-0.2, 0) is 16.0 Å². The van der Waals surface area contributed by atoms with Gasteiger partial charge in [-0.3, -0.25) is 4.79 Å². The SMILES string of the molecule is CCc1ccc(C(C)NC(=O)[C@@H]2CC[C@H](CN)O2)cc1.Cl. The molecule has 1 aromatic rings. The second kappa shape index (κ2) is 8.37. The molecule has 21 heavy (non-hydrogen) atoms. The van der Waals surface area contributed by atoms with Crippen LogP contribution >= 0.6 is 12.4 Å². The molecule has 1 saturated heterocycles. The van der Waals surface area contributed by atoms with Gasteiger partial charge >= 0.3 is 0 Å². The zero-order valence-electron chi connectivity index (χ0n) is 12.7. The minimum Gasteiger partial charge on any atom is -0.364 e. The number of halogens is 1. The van der Waals surface area contributed by atoms with E-state index in [4.69, 9.17) is 10.5 Å². The van der Waals surface area contributed by atoms with Crippen molar-refractivity contribution < 1.29 is 9.53 Å². The van der Waals surface area contributed by atoms with Gasteiger partial charge in [-0.05, 0) is 37.3 Å². The number of hydrogen-bond donors (Lipinski definition) is 2. The van der Waals surface area contributed by atoms with E-state index < -0.39 is 0 Å². The van der Waals surface area contributed by atoms with Crippen molar-refractivity contribution >= 4 is 18.3 Å². The summed E-state index contributed by atoms with van der Waals surface area (Å²) in [5.74, 6) is -0.0342. The third-order valence-corrected chi connectivity index (χ3v) is 3.91. The Balaban J connectivity index is 0.00000220. The summed E-state index contributed by atoms with van der Waals surface area (Å²) in [7, 11) is 0. The van der Waals surface area contributed by atoms with E-state index in [1.54, 1.807) is 0 Å². The van der Waals surface area contributed by atoms with Crippen molar-refractivity contribution in [1.29, 1.82) is 0 Å². The molecule has 2 rings (SSSR count). The van der Waals surface area contributed by atoms with Crippen molar-refractivity contribution in [3.63, 3.8) is 0 Å². The van der Waals surface area contributed by atoms with Crippen LogP contribution in [-0.4, -0.2) is 24.7 Å². The van der Waals surface area contributed by atoms with Gasteiger partial charge in [0.05, 0.1) is 12.1 Å². The number of hydrogen-bond acceptors (Lipinski definition) is 3. The topological polar surface area (TPSA) is 64.4 Å². The molecule has 4 nitrogen and oxygen atoms in total. The first-order valence-corrected chi connectivity index (χ1v) is 7.38. The van der Waals surface area contributed by atoms with Gasteiger partial charge in [-0.2, -0.15) is 0 Å². The maximum absolute atomic E-state index is 12.1. The number of aryl methyl sites for hydroxylation is 1. The lowest BCUT2D eigenvalue weighted by Gasteiger charge is -2.18. The van der Waals surface area contributed by atoms with Crippen molar-refractivity contribution in [3.8, 4) is 0 Å². The van der Waals surface area contributed by atoms with E-state index in [1.807, 2.05) is 6.92 Å². The summed E-state index contributed by atoms with van der Waals surface area (Å²) in [6, 6.07) is 8.35. The van der Waals surface area contributed by atoms with Gasteiger partial charge in [0, 0.05) is 6.54 Å². The van der Waals surface area contributed by atoms with Crippen LogP contribution in [0.2, 0.25) is 0 Å². The Morgan fingerprint density at radius 1 is 1.38 bits per heavy atom. The van der Waals surface area contributed by atoms with Gasteiger partial charge in [-0.1, -0.05) is 31.2 Å². The van der Waals surface area contributed by atoms with E-state index in [0.29, 0.717) is 6.54 Å². The van der Waals surface area contributed by atoms with E-state index in [9.17, 15) is 4.79 Å². The molecule has 5 heteroatoms. The minimum atomic E-state index is -0.346. The molecular formula is C16H25ClN2O2. The average molecular weight is 313 g/mol. The van der Waals surface area contributed by atoms with E-state index in [1.165, 1.54) is 5.56 Å². The lowest BCUT2D eigenvalue weighted by atomic mass is 10.0. The maximum Gasteiger partial charge on any atom is 0.249 e. The Morgan fingerprint density at radius 3 is 2.57 bits per heavy atom. The molecule has 3 atom stereocenters. The second-order valence-electron chi connectivity index (χ2n) is 5.39. The fourth-order valence-corrected chi connectivity index (χ4v) is 2.50. The lowest BCUT2D eigenvalue weighted by Crippen LogP contribution is -2.36. The molecule has 3 N–H and O–H groups in total. The molecule has 0 radical (unpaired) electrons. The third kappa shape index (κ3) is 4.70. The van der Waals surface area contributed by atoms with E-state index in [-0.39, 0.29) is 36.6 Å². The van der Waals surface area contributed by atoms with Crippen LogP contribution in [0.5, 0.6) is 0 Å². The Morgan fingerprint density at radius 2 is 2.05 bits per heavy atom. The van der Waals surface area contributed by atoms with Crippen molar-refractivity contribution in [1.82, 2.24) is 5.32 Å². The minimum absolute atomic E-state index is 0. The molecule has 118 valence electrons. The van der Waals surface area contributed by atoms with Crippen LogP contribution < -0.4 is 11.1 Å². The molecule has 0 aliphatic carbocycles. The molecule has 0 spiro atoms. The van der Waals surface area contributed by atoms with Crippen LogP contribution in [0.4, 0.5) is 0 Å². The Kier molecular flexibility index (Phi) is 7.15. The predicted octanol–water partition coefficient (Wildman–Crippen LogP) is 2.35. The van der Waals surface area contributed by atoms with E-state index in [0.717, 1.165) is 24.8 Å². The molecule has 0 saturated carbocycles. The molecule has 0 bridgehead atoms. The maximum atomic E-state index is 12.1. The Labute approximate surface area is 132 Å². The summed E-state index contributed by atoms with van der Waals surface area (Å²) in [5, 5.41) is 3.02. The number of ether oxygens (including phenoxy) is 1. The fraction of sp³-hybridized carbons (Fsp3) is 0.562. The number of carbonyl (C=O) groups excluding carboxylic acids is 1. The zero-order valence-corrected chi connectivity index (χ0v) is 13.5. The van der Waals surface area contributed by atoms with Crippen LogP contribution in [0.15, 0.2) is 24.3 Å². The van der Waals surface area contributed by atoms with Crippen LogP contribution in [0.1, 0.15) is 43.9 Å². The highest BCUT2D eigenvalue weighted by molar-refractivity contribution is 5.85. The number of nitrogens with two attached hydrogens (primary N) is 1. The fourth-order valence-electron chi connectivity index (χ4n) is 2.50. The molecule has 1 aliphatic heterocycles. The smallest absolute Gasteiger partial charge is 0.249 e. The average Bonchev–Trinajstić information content (AvgIpc) is 2.96. The highest BCUT2D eigenvalue weighted by Gasteiger charge is 2.30. The Hall–Kier alpha value is -1.10. The number of nitrogens with one attached hydrogen (secondary N) is 1. The third-order valence-electron chi connectivity index (χ3n) is 3.91. The lowest BCUT2D eigenvalue weighted by molar-refractivity contribution is -0.132. The molecule has 0 aromatic heterocycles. The van der Waals surface area contributed by atoms with Gasteiger partial charge in [-0.25, -0.2) is 0 Å². The number of rotatable bonds is 5. The largest absolute Gasteiger partial charge is 0.364 e. The van der Waals surface area contributed by atoms with Crippen molar-refractivity contribution in [2.45, 2.75) is 51.4 Å². The summed E-state index contributed by atoms with van der Waals surface area (Å²) >= 11 is 0. The van der Waals surface area contributed by atoms with E-state index in [2.05, 4.69) is 36.5 Å². The van der Waals surface area contributed by atoms with Crippen LogP contribution in [0.25, 0.3) is 0 Å². The summed E-state index contributed by atoms with van der Waals surface area (Å²) in [6.07, 6.45) is 2.34. The molecule has 1 unspecified atom stereocenters. The first-order valence-electron chi connectivity index (χ1n) is 7.38. The Bertz CT molecular complexity index is 450. The number of carbonyl (C=O) groups is 1. The van der Waals surface area contributed by atoms with Gasteiger partial charge < -0.3 is 15.8 Å². The molecule has 1 fully saturated rings. The van der Waals surface area contributed by atoms with Gasteiger partial charge in [0.25, 0.3) is 0 Å². The molecular weight excluding hydrogens is 288 g/mol. The predicted molar refractivity (Wildman–Crippen MR) is 86.6 cm³/mol. The van der Waals surface area contributed by atoms with Crippen molar-refractivity contribution in [2.24, 2.45) is 5.73 Å². The van der Waals surface area contributed by atoms with Gasteiger partial charge in [0.1, 0.15) is 6.10 Å². The first kappa shape index (κ1) is 18.0. The van der Waals surface area contributed by atoms with Gasteiger partial charge in [0.15, 0.2) is 0 Å². The van der Waals surface area contributed by atoms with Crippen molar-refractivity contribution in [3.05, 3.63) is 35.4 Å². The first-order chi connectivity index (χ1) is 9.63. The quantitative estimate of drug-likeness (QED) is 0.877. The standard InChI is InChI=1S/C16H24N2O2.ClH/c1-3-12-4-6-13(7-5-12)11(2)18-16(19)15-9-8-14(10-17)20-15;/h4-7,11,14-15H,3,8-10,17H2,1-2H3,(H,18,19);1H/t11?,14-,15+;/m1./s1.